The lowest BCUT2D eigenvalue weighted by Gasteiger charge is -2.36. The number of halogens is 1. The van der Waals surface area contributed by atoms with E-state index in [1.54, 1.807) is 12.1 Å². The van der Waals surface area contributed by atoms with Gasteiger partial charge in [-0.3, -0.25) is 4.79 Å². The largest absolute Gasteiger partial charge is 0.426 e. The summed E-state index contributed by atoms with van der Waals surface area (Å²) in [6.07, 6.45) is 9.59. The van der Waals surface area contributed by atoms with Crippen LogP contribution < -0.4 is 4.74 Å². The third kappa shape index (κ3) is 4.33. The second-order valence-electron chi connectivity index (χ2n) is 7.51. The van der Waals surface area contributed by atoms with Crippen LogP contribution in [0.2, 0.25) is 0 Å². The van der Waals surface area contributed by atoms with Gasteiger partial charge < -0.3 is 4.74 Å². The topological polar surface area (TPSA) is 26.3 Å². The van der Waals surface area contributed by atoms with Gasteiger partial charge in [0.05, 0.1) is 5.92 Å². The van der Waals surface area contributed by atoms with Gasteiger partial charge in [-0.05, 0) is 68.4 Å². The van der Waals surface area contributed by atoms with E-state index in [2.05, 4.69) is 6.92 Å². The monoisotopic (exact) mass is 318 g/mol. The molecule has 3 rings (SSSR count). The minimum atomic E-state index is -0.370. The Balaban J connectivity index is 1.47. The van der Waals surface area contributed by atoms with E-state index < -0.39 is 0 Å². The highest BCUT2D eigenvalue weighted by atomic mass is 19.1. The van der Waals surface area contributed by atoms with E-state index in [1.165, 1.54) is 37.8 Å². The van der Waals surface area contributed by atoms with Gasteiger partial charge in [0.2, 0.25) is 0 Å². The van der Waals surface area contributed by atoms with Crippen molar-refractivity contribution in [3.63, 3.8) is 0 Å². The van der Waals surface area contributed by atoms with Gasteiger partial charge in [0.25, 0.3) is 0 Å². The van der Waals surface area contributed by atoms with Gasteiger partial charge in [-0.2, -0.15) is 0 Å². The van der Waals surface area contributed by atoms with Crippen LogP contribution in [0.4, 0.5) is 4.39 Å². The van der Waals surface area contributed by atoms with Crippen LogP contribution in [0.25, 0.3) is 0 Å². The Kier molecular flexibility index (Phi) is 5.34. The van der Waals surface area contributed by atoms with Crippen molar-refractivity contribution in [3.05, 3.63) is 30.1 Å². The van der Waals surface area contributed by atoms with Crippen molar-refractivity contribution in [2.45, 2.75) is 58.3 Å². The van der Waals surface area contributed by atoms with Crippen molar-refractivity contribution in [1.29, 1.82) is 0 Å². The molecule has 0 bridgehead atoms. The van der Waals surface area contributed by atoms with Crippen LogP contribution in [-0.2, 0) is 4.79 Å². The molecule has 1 aromatic carbocycles. The van der Waals surface area contributed by atoms with Crippen molar-refractivity contribution < 1.29 is 13.9 Å². The first-order valence-corrected chi connectivity index (χ1v) is 9.09. The minimum Gasteiger partial charge on any atom is -0.426 e. The van der Waals surface area contributed by atoms with Crippen molar-refractivity contribution in [2.24, 2.45) is 23.7 Å². The summed E-state index contributed by atoms with van der Waals surface area (Å²) in [4.78, 5) is 12.3. The first-order valence-electron chi connectivity index (χ1n) is 9.09. The number of rotatable bonds is 3. The molecule has 0 heterocycles. The molecule has 0 amide bonds. The third-order valence-electron chi connectivity index (χ3n) is 5.85. The fourth-order valence-corrected chi connectivity index (χ4v) is 4.31. The highest BCUT2D eigenvalue weighted by Crippen LogP contribution is 2.41. The first kappa shape index (κ1) is 16.5. The van der Waals surface area contributed by atoms with Gasteiger partial charge in [-0.1, -0.05) is 25.8 Å². The van der Waals surface area contributed by atoms with Crippen molar-refractivity contribution >= 4 is 5.97 Å². The number of benzene rings is 1. The van der Waals surface area contributed by atoms with Gasteiger partial charge in [0.1, 0.15) is 11.6 Å². The maximum Gasteiger partial charge on any atom is 0.314 e. The molecule has 0 spiro atoms. The Morgan fingerprint density at radius 1 is 1.00 bits per heavy atom. The predicted octanol–water partition coefficient (Wildman–Crippen LogP) is 5.36. The van der Waals surface area contributed by atoms with Crippen LogP contribution in [0.3, 0.4) is 0 Å². The van der Waals surface area contributed by atoms with Crippen LogP contribution in [0.1, 0.15) is 58.3 Å². The van der Waals surface area contributed by atoms with Crippen molar-refractivity contribution in [3.8, 4) is 5.75 Å². The zero-order valence-corrected chi connectivity index (χ0v) is 14.0. The van der Waals surface area contributed by atoms with Gasteiger partial charge in [-0.25, -0.2) is 4.39 Å². The Morgan fingerprint density at radius 3 is 2.22 bits per heavy atom. The Bertz CT molecular complexity index is 526. The molecular formula is C20H27FO2. The highest BCUT2D eigenvalue weighted by Gasteiger charge is 2.33. The molecule has 2 nitrogen and oxygen atoms in total. The van der Waals surface area contributed by atoms with Gasteiger partial charge >= 0.3 is 5.97 Å². The summed E-state index contributed by atoms with van der Waals surface area (Å²) in [5.41, 5.74) is 0. The smallest absolute Gasteiger partial charge is 0.314 e. The van der Waals surface area contributed by atoms with E-state index >= 15 is 0 Å². The molecule has 0 radical (unpaired) electrons. The molecule has 2 saturated carbocycles. The number of carbonyl (C=O) groups is 1. The molecule has 1 aromatic rings. The summed E-state index contributed by atoms with van der Waals surface area (Å²) in [5, 5.41) is 0. The van der Waals surface area contributed by atoms with Crippen LogP contribution in [0.15, 0.2) is 24.3 Å². The average molecular weight is 318 g/mol. The second kappa shape index (κ2) is 7.46. The maximum absolute atomic E-state index is 13.2. The standard InChI is InChI=1S/C20H27FO2/c1-14-5-7-15(8-6-14)16-9-11-17(12-10-16)20(22)23-19-4-2-3-18(21)13-19/h2-4,13-17H,5-12H2,1H3. The summed E-state index contributed by atoms with van der Waals surface area (Å²) in [5.74, 6) is 2.29. The number of carbonyl (C=O) groups excluding carboxylic acids is 1. The van der Waals surface area contributed by atoms with Crippen LogP contribution in [0, 0.1) is 29.5 Å². The molecule has 2 aliphatic carbocycles. The SMILES string of the molecule is CC1CCC(C2CCC(C(=O)Oc3cccc(F)c3)CC2)CC1. The van der Waals surface area contributed by atoms with E-state index in [0.717, 1.165) is 43.4 Å². The maximum atomic E-state index is 13.2. The fourth-order valence-electron chi connectivity index (χ4n) is 4.31. The molecule has 0 atom stereocenters. The Labute approximate surface area is 138 Å². The van der Waals surface area contributed by atoms with E-state index in [9.17, 15) is 9.18 Å². The van der Waals surface area contributed by atoms with E-state index in [0.29, 0.717) is 5.75 Å². The molecule has 126 valence electrons. The number of esters is 1. The normalized spacial score (nSPS) is 31.6. The Morgan fingerprint density at radius 2 is 1.61 bits per heavy atom. The lowest BCUT2D eigenvalue weighted by atomic mass is 9.69. The van der Waals surface area contributed by atoms with E-state index in [1.807, 2.05) is 0 Å². The summed E-state index contributed by atoms with van der Waals surface area (Å²) in [7, 11) is 0. The summed E-state index contributed by atoms with van der Waals surface area (Å²) >= 11 is 0. The lowest BCUT2D eigenvalue weighted by Crippen LogP contribution is -2.29. The third-order valence-corrected chi connectivity index (χ3v) is 5.85. The average Bonchev–Trinajstić information content (AvgIpc) is 2.56. The molecule has 0 aromatic heterocycles. The fraction of sp³-hybridized carbons (Fsp3) is 0.650. The zero-order valence-electron chi connectivity index (χ0n) is 14.0. The van der Waals surface area contributed by atoms with Gasteiger partial charge in [0, 0.05) is 6.07 Å². The zero-order chi connectivity index (χ0) is 16.2. The second-order valence-corrected chi connectivity index (χ2v) is 7.51. The summed E-state index contributed by atoms with van der Waals surface area (Å²) in [6.45, 7) is 2.36. The van der Waals surface area contributed by atoms with E-state index in [4.69, 9.17) is 4.74 Å². The first-order chi connectivity index (χ1) is 11.1. The molecule has 23 heavy (non-hydrogen) atoms. The minimum absolute atomic E-state index is 0.0166. The summed E-state index contributed by atoms with van der Waals surface area (Å²) < 4.78 is 18.5. The molecule has 0 saturated heterocycles. The molecule has 0 N–H and O–H groups in total. The summed E-state index contributed by atoms with van der Waals surface area (Å²) in [6, 6.07) is 5.83. The predicted molar refractivity (Wildman–Crippen MR) is 88.6 cm³/mol. The van der Waals surface area contributed by atoms with Gasteiger partial charge in [0.15, 0.2) is 0 Å². The molecule has 2 fully saturated rings. The van der Waals surface area contributed by atoms with Crippen molar-refractivity contribution in [2.75, 3.05) is 0 Å². The Hall–Kier alpha value is -1.38. The molecule has 2 aliphatic rings. The van der Waals surface area contributed by atoms with E-state index in [-0.39, 0.29) is 17.7 Å². The number of ether oxygens (including phenoxy) is 1. The molecule has 0 aliphatic heterocycles. The highest BCUT2D eigenvalue weighted by molar-refractivity contribution is 5.75. The number of hydrogen-bond donors (Lipinski definition) is 0. The number of hydrogen-bond acceptors (Lipinski definition) is 2. The van der Waals surface area contributed by atoms with Crippen molar-refractivity contribution in [1.82, 2.24) is 0 Å². The van der Waals surface area contributed by atoms with Crippen LogP contribution >= 0.6 is 0 Å². The van der Waals surface area contributed by atoms with Crippen LogP contribution in [0.5, 0.6) is 5.75 Å². The van der Waals surface area contributed by atoms with Crippen LogP contribution in [-0.4, -0.2) is 5.97 Å². The molecule has 3 heteroatoms. The molecule has 0 unspecified atom stereocenters. The van der Waals surface area contributed by atoms with Gasteiger partial charge in [-0.15, -0.1) is 0 Å². The lowest BCUT2D eigenvalue weighted by molar-refractivity contribution is -0.140. The quantitative estimate of drug-likeness (QED) is 0.553. The molecular weight excluding hydrogens is 291 g/mol.